The quantitative estimate of drug-likeness (QED) is 0.451. The summed E-state index contributed by atoms with van der Waals surface area (Å²) < 4.78 is 7.49. The maximum atomic E-state index is 13.5. The number of methoxy groups -OCH3 is 1. The molecule has 0 saturated heterocycles. The Bertz CT molecular complexity index is 1440. The van der Waals surface area contributed by atoms with E-state index in [0.717, 1.165) is 41.8 Å². The van der Waals surface area contributed by atoms with E-state index in [2.05, 4.69) is 16.4 Å². The van der Waals surface area contributed by atoms with E-state index >= 15 is 0 Å². The van der Waals surface area contributed by atoms with Crippen LogP contribution in [0.2, 0.25) is 0 Å². The van der Waals surface area contributed by atoms with Gasteiger partial charge in [0.1, 0.15) is 11.6 Å². The van der Waals surface area contributed by atoms with Crippen LogP contribution in [0.4, 0.5) is 11.4 Å². The Morgan fingerprint density at radius 2 is 1.86 bits per heavy atom. The van der Waals surface area contributed by atoms with Crippen LogP contribution >= 0.6 is 0 Å². The van der Waals surface area contributed by atoms with Gasteiger partial charge in [0.2, 0.25) is 0 Å². The van der Waals surface area contributed by atoms with Crippen molar-refractivity contribution >= 4 is 34.2 Å². The molecule has 2 amide bonds. The third-order valence-electron chi connectivity index (χ3n) is 6.66. The van der Waals surface area contributed by atoms with Crippen molar-refractivity contribution in [2.24, 2.45) is 7.05 Å². The van der Waals surface area contributed by atoms with Gasteiger partial charge in [0.15, 0.2) is 0 Å². The summed E-state index contributed by atoms with van der Waals surface area (Å²) in [5.41, 5.74) is 5.31. The highest BCUT2D eigenvalue weighted by Gasteiger charge is 2.24. The van der Waals surface area contributed by atoms with Crippen LogP contribution in [-0.4, -0.2) is 35.0 Å². The molecule has 0 saturated carbocycles. The summed E-state index contributed by atoms with van der Waals surface area (Å²) in [6.45, 7) is 2.58. The summed E-state index contributed by atoms with van der Waals surface area (Å²) >= 11 is 0. The number of aryl methyl sites for hydroxylation is 3. The second-order valence-corrected chi connectivity index (χ2v) is 8.80. The highest BCUT2D eigenvalue weighted by molar-refractivity contribution is 6.11. The summed E-state index contributed by atoms with van der Waals surface area (Å²) in [5, 5.41) is 2.99. The van der Waals surface area contributed by atoms with E-state index in [1.807, 2.05) is 59.8 Å². The Morgan fingerprint density at radius 3 is 2.69 bits per heavy atom. The monoisotopic (exact) mass is 468 g/mol. The van der Waals surface area contributed by atoms with Gasteiger partial charge in [-0.2, -0.15) is 0 Å². The van der Waals surface area contributed by atoms with Gasteiger partial charge in [0.05, 0.1) is 29.4 Å². The van der Waals surface area contributed by atoms with E-state index in [9.17, 15) is 9.59 Å². The molecule has 35 heavy (non-hydrogen) atoms. The average Bonchev–Trinajstić information content (AvgIpc) is 3.04. The summed E-state index contributed by atoms with van der Waals surface area (Å²) in [6.07, 6.45) is 2.95. The van der Waals surface area contributed by atoms with E-state index in [1.54, 1.807) is 18.2 Å². The van der Waals surface area contributed by atoms with Crippen molar-refractivity contribution in [3.63, 3.8) is 0 Å². The molecule has 1 aliphatic rings. The van der Waals surface area contributed by atoms with Gasteiger partial charge >= 0.3 is 0 Å². The fourth-order valence-electron chi connectivity index (χ4n) is 4.75. The Hall–Kier alpha value is -4.13. The molecule has 4 aromatic rings. The zero-order chi connectivity index (χ0) is 24.5. The van der Waals surface area contributed by atoms with E-state index in [4.69, 9.17) is 4.74 Å². The Morgan fingerprint density at radius 1 is 1.03 bits per heavy atom. The summed E-state index contributed by atoms with van der Waals surface area (Å²) in [5.74, 6) is 0.800. The number of benzene rings is 3. The van der Waals surface area contributed by atoms with Crippen LogP contribution in [-0.2, 0) is 13.5 Å². The van der Waals surface area contributed by atoms with Crippen molar-refractivity contribution in [3.05, 3.63) is 83.2 Å². The van der Waals surface area contributed by atoms with Crippen molar-refractivity contribution in [2.75, 3.05) is 23.9 Å². The molecule has 3 aromatic carbocycles. The average molecular weight is 469 g/mol. The van der Waals surface area contributed by atoms with Gasteiger partial charge < -0.3 is 19.5 Å². The largest absolute Gasteiger partial charge is 0.496 e. The number of nitrogens with zero attached hydrogens (tertiary/aromatic N) is 3. The number of anilines is 2. The summed E-state index contributed by atoms with van der Waals surface area (Å²) in [4.78, 5) is 33.1. The van der Waals surface area contributed by atoms with Crippen LogP contribution in [0.1, 0.15) is 44.9 Å². The third-order valence-corrected chi connectivity index (χ3v) is 6.66. The number of amides is 2. The standard InChI is InChI=1S/C28H28N4O3/c1-18-29-22-11-8-12-23(26(22)31(18)2)30-27(33)21-15-14-20(17-25(21)35-3)28(34)32-16-7-6-10-19-9-4-5-13-24(19)32/h4-5,8-9,11-15,17H,6-7,10,16H2,1-3H3,(H,30,33). The number of carbonyl (C=O) groups excluding carboxylic acids is 2. The Kier molecular flexibility index (Phi) is 5.99. The first-order valence-corrected chi connectivity index (χ1v) is 11.8. The van der Waals surface area contributed by atoms with Gasteiger partial charge in [-0.25, -0.2) is 4.98 Å². The molecular weight excluding hydrogens is 440 g/mol. The van der Waals surface area contributed by atoms with Crippen LogP contribution in [0.25, 0.3) is 11.0 Å². The molecule has 0 bridgehead atoms. The zero-order valence-corrected chi connectivity index (χ0v) is 20.2. The molecule has 0 spiro atoms. The van der Waals surface area contributed by atoms with Gasteiger partial charge in [0.25, 0.3) is 11.8 Å². The van der Waals surface area contributed by atoms with Gasteiger partial charge in [0, 0.05) is 24.8 Å². The number of hydrogen-bond donors (Lipinski definition) is 1. The van der Waals surface area contributed by atoms with Crippen LogP contribution in [0.3, 0.4) is 0 Å². The summed E-state index contributed by atoms with van der Waals surface area (Å²) in [7, 11) is 3.43. The number of para-hydroxylation sites is 2. The fourth-order valence-corrected chi connectivity index (χ4v) is 4.75. The molecule has 178 valence electrons. The van der Waals surface area contributed by atoms with Crippen molar-refractivity contribution in [3.8, 4) is 5.75 Å². The van der Waals surface area contributed by atoms with E-state index in [-0.39, 0.29) is 11.8 Å². The van der Waals surface area contributed by atoms with Crippen molar-refractivity contribution in [2.45, 2.75) is 26.2 Å². The van der Waals surface area contributed by atoms with Gasteiger partial charge in [-0.3, -0.25) is 9.59 Å². The van der Waals surface area contributed by atoms with Gasteiger partial charge in [-0.15, -0.1) is 0 Å². The number of hydrogen-bond acceptors (Lipinski definition) is 4. The molecule has 1 aromatic heterocycles. The molecule has 2 heterocycles. The molecule has 7 nitrogen and oxygen atoms in total. The lowest BCUT2D eigenvalue weighted by atomic mass is 10.1. The molecule has 1 N–H and O–H groups in total. The predicted octanol–water partition coefficient (Wildman–Crippen LogP) is 5.13. The van der Waals surface area contributed by atoms with E-state index in [0.29, 0.717) is 29.1 Å². The highest BCUT2D eigenvalue weighted by Crippen LogP contribution is 2.30. The lowest BCUT2D eigenvalue weighted by molar-refractivity contribution is 0.0982. The second-order valence-electron chi connectivity index (χ2n) is 8.80. The highest BCUT2D eigenvalue weighted by atomic mass is 16.5. The number of imidazole rings is 1. The van der Waals surface area contributed by atoms with E-state index in [1.165, 1.54) is 12.7 Å². The van der Waals surface area contributed by atoms with Gasteiger partial charge in [-0.1, -0.05) is 24.3 Å². The topological polar surface area (TPSA) is 76.5 Å². The van der Waals surface area contributed by atoms with E-state index < -0.39 is 0 Å². The molecule has 0 fully saturated rings. The van der Waals surface area contributed by atoms with Gasteiger partial charge in [-0.05, 0) is 68.1 Å². The summed E-state index contributed by atoms with van der Waals surface area (Å²) in [6, 6.07) is 18.7. The van der Waals surface area contributed by atoms with Crippen LogP contribution in [0.15, 0.2) is 60.7 Å². The molecule has 5 rings (SSSR count). The molecule has 7 heteroatoms. The first-order chi connectivity index (χ1) is 17.0. The molecular formula is C28H28N4O3. The van der Waals surface area contributed by atoms with Crippen LogP contribution in [0, 0.1) is 6.92 Å². The maximum absolute atomic E-state index is 13.5. The number of nitrogens with one attached hydrogen (secondary N) is 1. The Labute approximate surface area is 204 Å². The minimum atomic E-state index is -0.313. The van der Waals surface area contributed by atoms with Crippen molar-refractivity contribution in [1.82, 2.24) is 9.55 Å². The molecule has 1 aliphatic heterocycles. The maximum Gasteiger partial charge on any atom is 0.259 e. The smallest absolute Gasteiger partial charge is 0.259 e. The van der Waals surface area contributed by atoms with Crippen LogP contribution < -0.4 is 15.0 Å². The first-order valence-electron chi connectivity index (χ1n) is 11.8. The molecule has 0 aliphatic carbocycles. The van der Waals surface area contributed by atoms with Crippen molar-refractivity contribution in [1.29, 1.82) is 0 Å². The molecule has 0 radical (unpaired) electrons. The first kappa shape index (κ1) is 22.7. The lowest BCUT2D eigenvalue weighted by Crippen LogP contribution is -2.31. The normalized spacial score (nSPS) is 13.3. The SMILES string of the molecule is COc1cc(C(=O)N2CCCCc3ccccc32)ccc1C(=O)Nc1cccc2nc(C)n(C)c12. The minimum Gasteiger partial charge on any atom is -0.496 e. The fraction of sp³-hybridized carbons (Fsp3) is 0.250. The number of rotatable bonds is 4. The zero-order valence-electron chi connectivity index (χ0n) is 20.2. The lowest BCUT2D eigenvalue weighted by Gasteiger charge is -2.23. The van der Waals surface area contributed by atoms with Crippen molar-refractivity contribution < 1.29 is 14.3 Å². The minimum absolute atomic E-state index is 0.0975. The third kappa shape index (κ3) is 4.14. The Balaban J connectivity index is 1.44. The van der Waals surface area contributed by atoms with Crippen LogP contribution in [0.5, 0.6) is 5.75 Å². The number of fused-ring (bicyclic) bond motifs is 2. The molecule has 0 unspecified atom stereocenters. The number of aromatic nitrogens is 2. The predicted molar refractivity (Wildman–Crippen MR) is 137 cm³/mol. The second kappa shape index (κ2) is 9.25. The molecule has 0 atom stereocenters. The number of ether oxygens (including phenoxy) is 1. The number of carbonyl (C=O) groups is 2.